The number of hydrogen-bond acceptors (Lipinski definition) is 5. The number of furan rings is 1. The van der Waals surface area contributed by atoms with Crippen LogP contribution in [-0.2, 0) is 5.41 Å². The molecule has 0 unspecified atom stereocenters. The summed E-state index contributed by atoms with van der Waals surface area (Å²) in [6, 6.07) is 67.0. The minimum atomic E-state index is -0.542. The van der Waals surface area contributed by atoms with E-state index in [-0.39, 0.29) is 0 Å². The molecule has 0 fully saturated rings. The molecule has 3 aromatic heterocycles. The van der Waals surface area contributed by atoms with Crippen molar-refractivity contribution in [1.82, 2.24) is 15.0 Å². The summed E-state index contributed by atoms with van der Waals surface area (Å²) in [6.45, 7) is 0. The molecular weight excluding hydrogens is 715 g/mol. The highest BCUT2D eigenvalue weighted by Gasteiger charge is 2.46. The van der Waals surface area contributed by atoms with Crippen LogP contribution >= 0.6 is 11.3 Å². The summed E-state index contributed by atoms with van der Waals surface area (Å²) >= 11 is 1.85. The Bertz CT molecular complexity index is 3320. The Balaban J connectivity index is 1.07. The predicted molar refractivity (Wildman–Crippen MR) is 234 cm³/mol. The Morgan fingerprint density at radius 3 is 1.72 bits per heavy atom. The number of rotatable bonds is 5. The summed E-state index contributed by atoms with van der Waals surface area (Å²) < 4.78 is 9.06. The van der Waals surface area contributed by atoms with E-state index in [2.05, 4.69) is 127 Å². The van der Waals surface area contributed by atoms with Gasteiger partial charge in [-0.15, -0.1) is 11.3 Å². The number of benzene rings is 8. The van der Waals surface area contributed by atoms with Crippen molar-refractivity contribution in [3.05, 3.63) is 210 Å². The molecule has 11 aromatic rings. The first kappa shape index (κ1) is 32.1. The second-order valence-electron chi connectivity index (χ2n) is 14.7. The van der Waals surface area contributed by atoms with Crippen LogP contribution in [0.1, 0.15) is 22.3 Å². The fraction of sp³-hybridized carbons (Fsp3) is 0.0192. The van der Waals surface area contributed by atoms with E-state index in [1.807, 2.05) is 72.0 Å². The molecular formula is C52H31N3OS. The number of hydrogen-bond donors (Lipinski definition) is 0. The highest BCUT2D eigenvalue weighted by molar-refractivity contribution is 7.25. The van der Waals surface area contributed by atoms with Crippen molar-refractivity contribution < 1.29 is 4.42 Å². The molecule has 0 aliphatic heterocycles. The molecule has 0 spiro atoms. The van der Waals surface area contributed by atoms with Gasteiger partial charge in [0.25, 0.3) is 0 Å². The van der Waals surface area contributed by atoms with E-state index < -0.39 is 5.41 Å². The van der Waals surface area contributed by atoms with Crippen molar-refractivity contribution >= 4 is 53.4 Å². The third-order valence-electron chi connectivity index (χ3n) is 11.7. The van der Waals surface area contributed by atoms with Crippen LogP contribution < -0.4 is 0 Å². The van der Waals surface area contributed by atoms with Gasteiger partial charge in [-0.2, -0.15) is 0 Å². The largest absolute Gasteiger partial charge is 0.455 e. The van der Waals surface area contributed by atoms with Crippen LogP contribution in [0.3, 0.4) is 0 Å². The zero-order valence-corrected chi connectivity index (χ0v) is 31.4. The van der Waals surface area contributed by atoms with Crippen molar-refractivity contribution in [2.24, 2.45) is 0 Å². The first-order valence-electron chi connectivity index (χ1n) is 19.2. The first-order chi connectivity index (χ1) is 28.2. The molecule has 3 heterocycles. The molecule has 0 amide bonds. The Morgan fingerprint density at radius 1 is 0.386 bits per heavy atom. The summed E-state index contributed by atoms with van der Waals surface area (Å²) in [5.74, 6) is 1.78. The second kappa shape index (κ2) is 12.4. The van der Waals surface area contributed by atoms with Gasteiger partial charge >= 0.3 is 0 Å². The fourth-order valence-electron chi connectivity index (χ4n) is 9.12. The van der Waals surface area contributed by atoms with Gasteiger partial charge in [0, 0.05) is 42.1 Å². The van der Waals surface area contributed by atoms with Crippen LogP contribution in [0.15, 0.2) is 192 Å². The topological polar surface area (TPSA) is 51.8 Å². The maximum absolute atomic E-state index is 6.46. The molecule has 1 aliphatic rings. The van der Waals surface area contributed by atoms with E-state index in [0.717, 1.165) is 38.6 Å². The van der Waals surface area contributed by atoms with E-state index in [1.165, 1.54) is 53.6 Å². The molecule has 12 rings (SSSR count). The first-order valence-corrected chi connectivity index (χ1v) is 20.0. The highest BCUT2D eigenvalue weighted by Crippen LogP contribution is 2.56. The number of thiophene rings is 1. The normalized spacial score (nSPS) is 13.1. The molecule has 0 bridgehead atoms. The zero-order chi connectivity index (χ0) is 37.5. The smallest absolute Gasteiger partial charge is 0.167 e. The fourth-order valence-corrected chi connectivity index (χ4v) is 10.2. The van der Waals surface area contributed by atoms with Crippen LogP contribution in [-0.4, -0.2) is 15.0 Å². The van der Waals surface area contributed by atoms with Gasteiger partial charge in [-0.1, -0.05) is 158 Å². The summed E-state index contributed by atoms with van der Waals surface area (Å²) in [6.07, 6.45) is 0. The highest BCUT2D eigenvalue weighted by atomic mass is 32.1. The van der Waals surface area contributed by atoms with Crippen LogP contribution in [0.4, 0.5) is 0 Å². The average Bonchev–Trinajstić information content (AvgIpc) is 3.95. The zero-order valence-electron chi connectivity index (χ0n) is 30.6. The number of aromatic nitrogens is 3. The molecule has 0 saturated heterocycles. The molecule has 4 nitrogen and oxygen atoms in total. The summed E-state index contributed by atoms with van der Waals surface area (Å²) in [5.41, 5.74) is 11.2. The van der Waals surface area contributed by atoms with Crippen molar-refractivity contribution in [2.75, 3.05) is 0 Å². The molecule has 0 N–H and O–H groups in total. The minimum Gasteiger partial charge on any atom is -0.455 e. The molecule has 1 aliphatic carbocycles. The van der Waals surface area contributed by atoms with Crippen molar-refractivity contribution in [2.45, 2.75) is 5.41 Å². The van der Waals surface area contributed by atoms with E-state index >= 15 is 0 Å². The second-order valence-corrected chi connectivity index (χ2v) is 15.8. The molecule has 8 aromatic carbocycles. The Kier molecular flexibility index (Phi) is 6.98. The van der Waals surface area contributed by atoms with Gasteiger partial charge in [-0.25, -0.2) is 15.0 Å². The monoisotopic (exact) mass is 745 g/mol. The molecule has 0 atom stereocenters. The maximum Gasteiger partial charge on any atom is 0.167 e. The quantitative estimate of drug-likeness (QED) is 0.176. The lowest BCUT2D eigenvalue weighted by atomic mass is 9.67. The van der Waals surface area contributed by atoms with Gasteiger partial charge in [-0.05, 0) is 63.7 Å². The molecule has 0 saturated carbocycles. The third-order valence-corrected chi connectivity index (χ3v) is 12.8. The standard InChI is InChI=1S/C52H31N3OS/c1-2-13-32(14-3-1)49-53-50(55-51(54-49)41-20-12-19-40-38-17-6-10-23-45(38)56-48(40)41)33-25-27-34(28-26-33)52(43-21-8-4-15-36(43)37-16-5-9-22-44(37)52)35-29-30-47-42(31-35)39-18-7-11-24-46(39)57-47/h1-31H. The van der Waals surface area contributed by atoms with E-state index in [0.29, 0.717) is 17.5 Å². The molecule has 5 heteroatoms. The van der Waals surface area contributed by atoms with E-state index in [1.54, 1.807) is 0 Å². The molecule has 57 heavy (non-hydrogen) atoms. The van der Waals surface area contributed by atoms with Crippen LogP contribution in [0.25, 0.3) is 87.4 Å². The van der Waals surface area contributed by atoms with E-state index in [9.17, 15) is 0 Å². The van der Waals surface area contributed by atoms with Gasteiger partial charge in [0.1, 0.15) is 11.2 Å². The predicted octanol–water partition coefficient (Wildman–Crippen LogP) is 13.5. The van der Waals surface area contributed by atoms with Gasteiger partial charge in [0.15, 0.2) is 17.5 Å². The Labute approximate surface area is 332 Å². The van der Waals surface area contributed by atoms with Gasteiger partial charge in [0.05, 0.1) is 11.0 Å². The lowest BCUT2D eigenvalue weighted by molar-refractivity contribution is 0.669. The third kappa shape index (κ3) is 4.76. The minimum absolute atomic E-state index is 0.542. The summed E-state index contributed by atoms with van der Waals surface area (Å²) in [5, 5.41) is 4.68. The van der Waals surface area contributed by atoms with Crippen LogP contribution in [0, 0.1) is 0 Å². The summed E-state index contributed by atoms with van der Waals surface area (Å²) in [7, 11) is 0. The summed E-state index contributed by atoms with van der Waals surface area (Å²) in [4.78, 5) is 15.3. The number of fused-ring (bicyclic) bond motifs is 9. The van der Waals surface area contributed by atoms with Gasteiger partial charge < -0.3 is 4.42 Å². The maximum atomic E-state index is 6.46. The van der Waals surface area contributed by atoms with Gasteiger partial charge in [0.2, 0.25) is 0 Å². The van der Waals surface area contributed by atoms with Crippen molar-refractivity contribution in [3.63, 3.8) is 0 Å². The number of para-hydroxylation sites is 2. The lowest BCUT2D eigenvalue weighted by Crippen LogP contribution is -2.28. The van der Waals surface area contributed by atoms with Crippen LogP contribution in [0.2, 0.25) is 0 Å². The van der Waals surface area contributed by atoms with E-state index in [4.69, 9.17) is 19.4 Å². The van der Waals surface area contributed by atoms with Crippen LogP contribution in [0.5, 0.6) is 0 Å². The van der Waals surface area contributed by atoms with Crippen molar-refractivity contribution in [3.8, 4) is 45.3 Å². The molecule has 0 radical (unpaired) electrons. The molecule has 266 valence electrons. The van der Waals surface area contributed by atoms with Gasteiger partial charge in [-0.3, -0.25) is 0 Å². The Hall–Kier alpha value is -7.21. The lowest BCUT2D eigenvalue weighted by Gasteiger charge is -2.34. The average molecular weight is 746 g/mol. The van der Waals surface area contributed by atoms with Crippen molar-refractivity contribution in [1.29, 1.82) is 0 Å². The number of nitrogens with zero attached hydrogens (tertiary/aromatic N) is 3. The Morgan fingerprint density at radius 2 is 0.947 bits per heavy atom. The SMILES string of the molecule is c1ccc(-c2nc(-c3ccc(C4(c5ccc6sc7ccccc7c6c5)c5ccccc5-c5ccccc54)cc3)nc(-c3cccc4c3oc3ccccc34)n2)cc1.